The number of ether oxygens (including phenoxy) is 2. The van der Waals surface area contributed by atoms with Gasteiger partial charge in [0.05, 0.1) is 26.4 Å². The van der Waals surface area contributed by atoms with E-state index in [1.165, 1.54) is 77.0 Å². The highest BCUT2D eigenvalue weighted by Crippen LogP contribution is 2.19. The molecule has 0 aliphatic carbocycles. The molecule has 0 saturated carbocycles. The van der Waals surface area contributed by atoms with Crippen LogP contribution in [0.15, 0.2) is 0 Å². The third kappa shape index (κ3) is 31.5. The topological polar surface area (TPSA) is 124 Å². The van der Waals surface area contributed by atoms with Gasteiger partial charge in [-0.2, -0.15) is 0 Å². The number of unbranched alkanes of at least 4 members (excludes halogenated alkanes) is 16. The van der Waals surface area contributed by atoms with Gasteiger partial charge >= 0.3 is 0 Å². The smallest absolute Gasteiger partial charge is 0.243 e. The molecule has 2 unspecified atom stereocenters. The Hall–Kier alpha value is -2.28. The summed E-state index contributed by atoms with van der Waals surface area (Å²) < 4.78 is 11.5. The Kier molecular flexibility index (Phi) is 38.8. The highest BCUT2D eigenvalue weighted by molar-refractivity contribution is 5.88. The van der Waals surface area contributed by atoms with Gasteiger partial charge in [-0.25, -0.2) is 0 Å². The lowest BCUT2D eigenvalue weighted by atomic mass is 9.99. The Morgan fingerprint density at radius 2 is 0.726 bits per heavy atom. The number of nitrogens with zero attached hydrogens (tertiary/aromatic N) is 4. The molecule has 366 valence electrons. The Morgan fingerprint density at radius 1 is 0.419 bits per heavy atom. The fourth-order valence-electron chi connectivity index (χ4n) is 8.05. The number of hydrogen-bond donors (Lipinski definition) is 2. The van der Waals surface area contributed by atoms with E-state index in [2.05, 4.69) is 34.3 Å². The van der Waals surface area contributed by atoms with E-state index in [0.717, 1.165) is 64.5 Å². The Balaban J connectivity index is 4.82. The second-order valence-corrected chi connectivity index (χ2v) is 18.8. The van der Waals surface area contributed by atoms with Crippen molar-refractivity contribution in [3.63, 3.8) is 0 Å². The number of carbonyl (C=O) groups excluding carboxylic acids is 4. The minimum absolute atomic E-state index is 0.0248. The highest BCUT2D eigenvalue weighted by Gasteiger charge is 2.33. The fourth-order valence-corrected chi connectivity index (χ4v) is 8.05. The molecule has 12 heteroatoms. The average Bonchev–Trinajstić information content (AvgIpc) is 3.21. The molecule has 0 aromatic rings. The number of nitrogens with one attached hydrogen (secondary N) is 2. The van der Waals surface area contributed by atoms with Gasteiger partial charge in [0.15, 0.2) is 0 Å². The molecular weight excluding hydrogens is 781 g/mol. The second kappa shape index (κ2) is 40.2. The predicted molar refractivity (Wildman–Crippen MR) is 258 cm³/mol. The molecule has 0 spiro atoms. The van der Waals surface area contributed by atoms with Crippen LogP contribution in [0, 0.1) is 11.8 Å². The Morgan fingerprint density at radius 3 is 1.02 bits per heavy atom. The zero-order valence-electron chi connectivity index (χ0n) is 42.2. The van der Waals surface area contributed by atoms with Gasteiger partial charge in [-0.3, -0.25) is 19.2 Å². The molecule has 0 aliphatic heterocycles. The van der Waals surface area contributed by atoms with Crippen LogP contribution in [0.2, 0.25) is 0 Å². The molecule has 0 aromatic heterocycles. The van der Waals surface area contributed by atoms with E-state index >= 15 is 0 Å². The van der Waals surface area contributed by atoms with Crippen molar-refractivity contribution in [2.75, 3.05) is 93.9 Å². The van der Waals surface area contributed by atoms with E-state index in [-0.39, 0.29) is 35.5 Å². The highest BCUT2D eigenvalue weighted by atomic mass is 16.5. The van der Waals surface area contributed by atoms with Crippen molar-refractivity contribution in [1.29, 1.82) is 0 Å². The van der Waals surface area contributed by atoms with Crippen LogP contribution in [-0.2, 0) is 28.7 Å². The summed E-state index contributed by atoms with van der Waals surface area (Å²) >= 11 is 0. The van der Waals surface area contributed by atoms with E-state index in [4.69, 9.17) is 9.47 Å². The van der Waals surface area contributed by atoms with Crippen LogP contribution in [0.3, 0.4) is 0 Å². The van der Waals surface area contributed by atoms with Crippen molar-refractivity contribution < 1.29 is 28.7 Å². The lowest BCUT2D eigenvalue weighted by Gasteiger charge is -2.34. The summed E-state index contributed by atoms with van der Waals surface area (Å²) in [5.74, 6) is -0.185. The molecule has 0 rings (SSSR count). The molecule has 4 amide bonds. The molecule has 2 atom stereocenters. The molecule has 62 heavy (non-hydrogen) atoms. The van der Waals surface area contributed by atoms with E-state index in [0.29, 0.717) is 65.4 Å². The maximum atomic E-state index is 13.6. The first-order valence-electron chi connectivity index (χ1n) is 25.4. The van der Waals surface area contributed by atoms with Crippen molar-refractivity contribution in [2.45, 2.75) is 195 Å². The van der Waals surface area contributed by atoms with Gasteiger partial charge in [0, 0.05) is 39.0 Å². The van der Waals surface area contributed by atoms with Gasteiger partial charge in [-0.1, -0.05) is 144 Å². The summed E-state index contributed by atoms with van der Waals surface area (Å²) in [5, 5.41) is 6.04. The summed E-state index contributed by atoms with van der Waals surface area (Å²) in [6, 6.07) is -1.06. The summed E-state index contributed by atoms with van der Waals surface area (Å²) in [5.41, 5.74) is 0. The summed E-state index contributed by atoms with van der Waals surface area (Å²) in [7, 11) is 8.11. The number of amides is 4. The first-order chi connectivity index (χ1) is 29.8. The lowest BCUT2D eigenvalue weighted by Crippen LogP contribution is -2.53. The lowest BCUT2D eigenvalue weighted by molar-refractivity contribution is -0.142. The van der Waals surface area contributed by atoms with E-state index in [1.54, 1.807) is 0 Å². The monoisotopic (exact) mass is 881 g/mol. The number of rotatable bonds is 43. The standard InChI is InChI=1S/C50H100N6O6/c1-11-13-15-17-19-21-23-25-27-31-45(57)55(37-29-35-53(7)8)47(43(3)4)49(59)51-33-39-61-41-42-62-40-34-52-50(60)48(44(5)6)56(38-30-36-54(9)10)46(58)32-28-26-24-22-20-18-16-14-12-2/h43-44,47-48H,11-42H2,1-10H3,(H,51,59)(H,52,60). The molecule has 0 aliphatic rings. The zero-order chi connectivity index (χ0) is 46.4. The number of carbonyl (C=O) groups is 4. The molecule has 2 N–H and O–H groups in total. The maximum Gasteiger partial charge on any atom is 0.243 e. The molecular formula is C50H100N6O6. The van der Waals surface area contributed by atoms with Crippen molar-refractivity contribution >= 4 is 23.6 Å². The summed E-state index contributed by atoms with van der Waals surface area (Å²) in [6.45, 7) is 17.4. The normalized spacial score (nSPS) is 12.7. The molecule has 0 saturated heterocycles. The Labute approximate surface area is 382 Å². The van der Waals surface area contributed by atoms with Crippen LogP contribution in [0.5, 0.6) is 0 Å². The van der Waals surface area contributed by atoms with Crippen LogP contribution in [0.1, 0.15) is 183 Å². The van der Waals surface area contributed by atoms with Gasteiger partial charge in [-0.05, 0) is 78.8 Å². The third-order valence-electron chi connectivity index (χ3n) is 11.6. The van der Waals surface area contributed by atoms with Crippen molar-refractivity contribution in [3.8, 4) is 0 Å². The average molecular weight is 881 g/mol. The molecule has 0 fully saturated rings. The zero-order valence-corrected chi connectivity index (χ0v) is 42.2. The van der Waals surface area contributed by atoms with E-state index in [9.17, 15) is 19.2 Å². The quantitative estimate of drug-likeness (QED) is 0.0584. The summed E-state index contributed by atoms with van der Waals surface area (Å²) in [6.07, 6.45) is 24.1. The van der Waals surface area contributed by atoms with Gasteiger partial charge in [-0.15, -0.1) is 0 Å². The number of hydrogen-bond acceptors (Lipinski definition) is 8. The van der Waals surface area contributed by atoms with Crippen LogP contribution in [0.4, 0.5) is 0 Å². The minimum Gasteiger partial charge on any atom is -0.377 e. The molecule has 0 heterocycles. The summed E-state index contributed by atoms with van der Waals surface area (Å²) in [4.78, 5) is 62.0. The third-order valence-corrected chi connectivity index (χ3v) is 11.6. The van der Waals surface area contributed by atoms with Crippen LogP contribution < -0.4 is 10.6 Å². The van der Waals surface area contributed by atoms with Crippen LogP contribution in [0.25, 0.3) is 0 Å². The Bertz CT molecular complexity index is 1020. The first kappa shape index (κ1) is 59.7. The predicted octanol–water partition coefficient (Wildman–Crippen LogP) is 8.70. The fraction of sp³-hybridized carbons (Fsp3) is 0.920. The molecule has 0 bridgehead atoms. The van der Waals surface area contributed by atoms with Crippen molar-refractivity contribution in [1.82, 2.24) is 30.2 Å². The van der Waals surface area contributed by atoms with Crippen LogP contribution >= 0.6 is 0 Å². The maximum absolute atomic E-state index is 13.6. The molecule has 0 aromatic carbocycles. The molecule has 0 radical (unpaired) electrons. The van der Waals surface area contributed by atoms with Crippen molar-refractivity contribution in [2.24, 2.45) is 11.8 Å². The first-order valence-corrected chi connectivity index (χ1v) is 25.4. The second-order valence-electron chi connectivity index (χ2n) is 18.8. The van der Waals surface area contributed by atoms with Crippen LogP contribution in [-0.4, -0.2) is 149 Å². The molecule has 12 nitrogen and oxygen atoms in total. The van der Waals surface area contributed by atoms with Gasteiger partial charge in [0.2, 0.25) is 23.6 Å². The largest absolute Gasteiger partial charge is 0.377 e. The SMILES string of the molecule is CCCCCCCCCCCC(=O)N(CCCN(C)C)C(C(=O)NCCOCCOCCNC(=O)C(C(C)C)N(CCCN(C)C)C(=O)CCCCCCCCCCC)C(C)C. The van der Waals surface area contributed by atoms with E-state index in [1.807, 2.05) is 65.7 Å². The van der Waals surface area contributed by atoms with E-state index < -0.39 is 12.1 Å². The van der Waals surface area contributed by atoms with Gasteiger partial charge in [0.1, 0.15) is 12.1 Å². The minimum atomic E-state index is -0.528. The van der Waals surface area contributed by atoms with Gasteiger partial charge in [0.25, 0.3) is 0 Å². The van der Waals surface area contributed by atoms with Gasteiger partial charge < -0.3 is 39.7 Å². The van der Waals surface area contributed by atoms with Crippen molar-refractivity contribution in [3.05, 3.63) is 0 Å².